The zero-order chi connectivity index (χ0) is 30.4. The molecule has 2 aromatic carbocycles. The number of carboxylic acid groups (broad SMARTS) is 1. The van der Waals surface area contributed by atoms with Crippen LogP contribution in [-0.4, -0.2) is 71.6 Å². The number of allylic oxidation sites excluding steroid dienone is 2. The van der Waals surface area contributed by atoms with E-state index >= 15 is 0 Å². The maximum Gasteiger partial charge on any atom is 0.335 e. The van der Waals surface area contributed by atoms with Crippen LogP contribution < -0.4 is 0 Å². The molecule has 7 nitrogen and oxygen atoms in total. The van der Waals surface area contributed by atoms with Crippen molar-refractivity contribution in [3.05, 3.63) is 89.0 Å². The van der Waals surface area contributed by atoms with Crippen LogP contribution in [0.4, 0.5) is 0 Å². The van der Waals surface area contributed by atoms with Gasteiger partial charge in [-0.3, -0.25) is 9.59 Å². The standard InChI is InChI=1S/C36H42N2O5/c1-34(2)28(25-11-13-26(14-12-25)32(40)41)15-17-35(3)24-38(20-16-30(34)35)33(42)36(27-8-5-4-6-9-27)18-21-37(22-19-36)31(39)29-10-7-23-43-29/h4-6,8-9,11-16,29H,7,10,17-24H2,1-3H3,(H,40,41)/t29?,35-/m1/s1. The van der Waals surface area contributed by atoms with Gasteiger partial charge in [0.25, 0.3) is 5.91 Å². The minimum atomic E-state index is -0.927. The Kier molecular flexibility index (Phi) is 7.57. The number of piperidine rings is 1. The van der Waals surface area contributed by atoms with Gasteiger partial charge < -0.3 is 19.6 Å². The topological polar surface area (TPSA) is 87.2 Å². The molecule has 1 aliphatic carbocycles. The quantitative estimate of drug-likeness (QED) is 0.457. The SMILES string of the molecule is CC1(C)C(c2ccc(C(=O)O)cc2)=CC[C@]2(C)CN(C(=O)C3(c4ccccc4)CCN(C(=O)C4CCCO4)CC3)CC=C12. The molecule has 2 fully saturated rings. The summed E-state index contributed by atoms with van der Waals surface area (Å²) < 4.78 is 5.67. The van der Waals surface area contributed by atoms with Crippen LogP contribution in [0.1, 0.15) is 74.4 Å². The summed E-state index contributed by atoms with van der Waals surface area (Å²) in [5.74, 6) is -0.713. The lowest BCUT2D eigenvalue weighted by Crippen LogP contribution is -2.58. The lowest BCUT2D eigenvalue weighted by atomic mass is 9.58. The molecule has 2 aromatic rings. The highest BCUT2D eigenvalue weighted by molar-refractivity contribution is 5.90. The van der Waals surface area contributed by atoms with E-state index in [1.165, 1.54) is 11.1 Å². The summed E-state index contributed by atoms with van der Waals surface area (Å²) in [7, 11) is 0. The van der Waals surface area contributed by atoms with Crippen molar-refractivity contribution in [1.82, 2.24) is 9.80 Å². The Morgan fingerprint density at radius 2 is 1.60 bits per heavy atom. The van der Waals surface area contributed by atoms with Crippen molar-refractivity contribution in [3.63, 3.8) is 0 Å². The molecule has 3 aliphatic heterocycles. The van der Waals surface area contributed by atoms with Crippen LogP contribution in [0.3, 0.4) is 0 Å². The number of ether oxygens (including phenoxy) is 1. The average Bonchev–Trinajstić information content (AvgIpc) is 3.56. The molecule has 226 valence electrons. The first-order valence-corrected chi connectivity index (χ1v) is 15.6. The number of rotatable bonds is 5. The van der Waals surface area contributed by atoms with Gasteiger partial charge in [0.05, 0.1) is 11.0 Å². The van der Waals surface area contributed by atoms with E-state index in [2.05, 4.69) is 45.1 Å². The number of fused-ring (bicyclic) bond motifs is 1. The molecule has 4 aliphatic rings. The minimum absolute atomic E-state index is 0.0642. The Bertz CT molecular complexity index is 1460. The van der Waals surface area contributed by atoms with Gasteiger partial charge in [-0.1, -0.05) is 81.0 Å². The van der Waals surface area contributed by atoms with Crippen LogP contribution in [-0.2, 0) is 19.7 Å². The lowest BCUT2D eigenvalue weighted by molar-refractivity contribution is -0.148. The first kappa shape index (κ1) is 29.4. The molecular formula is C36H42N2O5. The highest BCUT2D eigenvalue weighted by atomic mass is 16.5. The minimum Gasteiger partial charge on any atom is -0.478 e. The van der Waals surface area contributed by atoms with Gasteiger partial charge in [0.15, 0.2) is 0 Å². The summed E-state index contributed by atoms with van der Waals surface area (Å²) in [5.41, 5.74) is 3.71. The smallest absolute Gasteiger partial charge is 0.335 e. The van der Waals surface area contributed by atoms with Crippen molar-refractivity contribution in [2.24, 2.45) is 10.8 Å². The van der Waals surface area contributed by atoms with Crippen molar-refractivity contribution in [3.8, 4) is 0 Å². The van der Waals surface area contributed by atoms with Crippen molar-refractivity contribution < 1.29 is 24.2 Å². The third-order valence-corrected chi connectivity index (χ3v) is 10.4. The van der Waals surface area contributed by atoms with Gasteiger partial charge in [-0.25, -0.2) is 4.79 Å². The lowest BCUT2D eigenvalue weighted by Gasteiger charge is -2.52. The number of amides is 2. The molecule has 1 N–H and O–H groups in total. The highest BCUT2D eigenvalue weighted by Gasteiger charge is 2.51. The van der Waals surface area contributed by atoms with Crippen LogP contribution in [0, 0.1) is 10.8 Å². The Morgan fingerprint density at radius 3 is 2.23 bits per heavy atom. The zero-order valence-electron chi connectivity index (χ0n) is 25.5. The van der Waals surface area contributed by atoms with Gasteiger partial charge in [-0.15, -0.1) is 0 Å². The van der Waals surface area contributed by atoms with Gasteiger partial charge in [-0.05, 0) is 60.9 Å². The molecule has 0 spiro atoms. The molecule has 2 saturated heterocycles. The number of hydrogen-bond donors (Lipinski definition) is 1. The van der Waals surface area contributed by atoms with Gasteiger partial charge in [-0.2, -0.15) is 0 Å². The van der Waals surface area contributed by atoms with Crippen LogP contribution in [0.2, 0.25) is 0 Å². The van der Waals surface area contributed by atoms with Crippen molar-refractivity contribution >= 4 is 23.4 Å². The number of carboxylic acids is 1. The fourth-order valence-corrected chi connectivity index (χ4v) is 8.13. The molecule has 6 rings (SSSR count). The van der Waals surface area contributed by atoms with Crippen LogP contribution >= 0.6 is 0 Å². The number of nitrogens with zero attached hydrogens (tertiary/aromatic N) is 2. The van der Waals surface area contributed by atoms with E-state index in [0.29, 0.717) is 45.6 Å². The van der Waals surface area contributed by atoms with E-state index in [9.17, 15) is 19.5 Å². The summed E-state index contributed by atoms with van der Waals surface area (Å²) in [6, 6.07) is 17.3. The number of likely N-dealkylation sites (tertiary alicyclic amines) is 1. The molecule has 1 unspecified atom stereocenters. The molecular weight excluding hydrogens is 540 g/mol. The summed E-state index contributed by atoms with van der Waals surface area (Å²) >= 11 is 0. The number of aromatic carboxylic acids is 1. The van der Waals surface area contributed by atoms with Gasteiger partial charge in [0.1, 0.15) is 6.10 Å². The second-order valence-electron chi connectivity index (χ2n) is 13.5. The van der Waals surface area contributed by atoms with Crippen LogP contribution in [0.5, 0.6) is 0 Å². The summed E-state index contributed by atoms with van der Waals surface area (Å²) in [6.07, 6.45) is 7.89. The Morgan fingerprint density at radius 1 is 0.907 bits per heavy atom. The van der Waals surface area contributed by atoms with Gasteiger partial charge in [0, 0.05) is 43.6 Å². The molecule has 3 heterocycles. The highest BCUT2D eigenvalue weighted by Crippen LogP contribution is 2.55. The molecule has 2 atom stereocenters. The predicted molar refractivity (Wildman–Crippen MR) is 165 cm³/mol. The third kappa shape index (κ3) is 5.12. The van der Waals surface area contributed by atoms with Crippen molar-refractivity contribution in [1.29, 1.82) is 0 Å². The summed E-state index contributed by atoms with van der Waals surface area (Å²) in [4.78, 5) is 43.1. The maximum absolute atomic E-state index is 14.7. The average molecular weight is 583 g/mol. The number of carbonyl (C=O) groups is 3. The fraction of sp³-hybridized carbons (Fsp3) is 0.472. The van der Waals surface area contributed by atoms with E-state index in [-0.39, 0.29) is 34.3 Å². The largest absolute Gasteiger partial charge is 0.478 e. The third-order valence-electron chi connectivity index (χ3n) is 10.4. The first-order valence-electron chi connectivity index (χ1n) is 15.6. The molecule has 0 saturated carbocycles. The van der Waals surface area contributed by atoms with E-state index in [1.807, 2.05) is 40.1 Å². The van der Waals surface area contributed by atoms with Gasteiger partial charge in [0.2, 0.25) is 5.91 Å². The van der Waals surface area contributed by atoms with E-state index < -0.39 is 11.4 Å². The second-order valence-corrected chi connectivity index (χ2v) is 13.5. The molecule has 7 heteroatoms. The Labute approximate surface area is 254 Å². The first-order chi connectivity index (χ1) is 20.5. The molecule has 43 heavy (non-hydrogen) atoms. The molecule has 2 amide bonds. The van der Waals surface area contributed by atoms with E-state index in [1.54, 1.807) is 12.1 Å². The van der Waals surface area contributed by atoms with Crippen molar-refractivity contribution in [2.45, 2.75) is 64.4 Å². The predicted octanol–water partition coefficient (Wildman–Crippen LogP) is 5.71. The Balaban J connectivity index is 1.25. The van der Waals surface area contributed by atoms with Crippen molar-refractivity contribution in [2.75, 3.05) is 32.8 Å². The number of hydrogen-bond acceptors (Lipinski definition) is 4. The fourth-order valence-electron chi connectivity index (χ4n) is 8.13. The molecule has 0 radical (unpaired) electrons. The van der Waals surface area contributed by atoms with Gasteiger partial charge >= 0.3 is 5.97 Å². The van der Waals surface area contributed by atoms with E-state index in [4.69, 9.17) is 4.74 Å². The van der Waals surface area contributed by atoms with E-state index in [0.717, 1.165) is 30.4 Å². The maximum atomic E-state index is 14.7. The molecule has 0 aromatic heterocycles. The number of carbonyl (C=O) groups excluding carboxylic acids is 2. The zero-order valence-corrected chi connectivity index (χ0v) is 25.5. The van der Waals surface area contributed by atoms with Crippen LogP contribution in [0.15, 0.2) is 72.3 Å². The normalized spacial score (nSPS) is 26.3. The molecule has 0 bridgehead atoms. The van der Waals surface area contributed by atoms with Crippen LogP contribution in [0.25, 0.3) is 5.57 Å². The number of benzene rings is 2. The Hall–Kier alpha value is -3.71. The summed E-state index contributed by atoms with van der Waals surface area (Å²) in [6.45, 7) is 9.65. The monoisotopic (exact) mass is 582 g/mol. The second kappa shape index (κ2) is 11.1. The summed E-state index contributed by atoms with van der Waals surface area (Å²) in [5, 5.41) is 9.34.